The summed E-state index contributed by atoms with van der Waals surface area (Å²) in [5.41, 5.74) is 1.41. The van der Waals surface area contributed by atoms with Crippen molar-refractivity contribution in [3.8, 4) is 6.07 Å². The molecule has 0 aromatic heterocycles. The Balaban J connectivity index is 2.13. The smallest absolute Gasteiger partial charge is 0.230 e. The van der Waals surface area contributed by atoms with Crippen molar-refractivity contribution in [3.05, 3.63) is 35.4 Å². The van der Waals surface area contributed by atoms with Gasteiger partial charge in [0.2, 0.25) is 5.91 Å². The van der Waals surface area contributed by atoms with Crippen molar-refractivity contribution in [2.45, 2.75) is 19.4 Å². The first-order chi connectivity index (χ1) is 8.20. The van der Waals surface area contributed by atoms with E-state index in [4.69, 9.17) is 5.26 Å². The number of piperidine rings is 1. The van der Waals surface area contributed by atoms with Crippen molar-refractivity contribution in [1.82, 2.24) is 4.90 Å². The Kier molecular flexibility index (Phi) is 3.20. The van der Waals surface area contributed by atoms with Crippen molar-refractivity contribution in [2.24, 2.45) is 0 Å². The molecule has 4 heteroatoms. The lowest BCUT2D eigenvalue weighted by molar-refractivity contribution is -0.139. The number of carbonyl (C=O) groups is 2. The van der Waals surface area contributed by atoms with Gasteiger partial charge in [-0.15, -0.1) is 0 Å². The lowest BCUT2D eigenvalue weighted by Gasteiger charge is -2.26. The van der Waals surface area contributed by atoms with E-state index in [-0.39, 0.29) is 18.1 Å². The number of nitrogens with zero attached hydrogens (tertiary/aromatic N) is 2. The van der Waals surface area contributed by atoms with Crippen LogP contribution in [0.1, 0.15) is 24.0 Å². The van der Waals surface area contributed by atoms with Gasteiger partial charge in [0.05, 0.1) is 18.1 Å². The number of hydrogen-bond donors (Lipinski definition) is 0. The van der Waals surface area contributed by atoms with E-state index in [1.165, 1.54) is 0 Å². The van der Waals surface area contributed by atoms with E-state index in [9.17, 15) is 9.59 Å². The van der Waals surface area contributed by atoms with Gasteiger partial charge in [0.15, 0.2) is 0 Å². The van der Waals surface area contributed by atoms with Crippen LogP contribution in [0.4, 0.5) is 0 Å². The molecule has 1 aromatic carbocycles. The van der Waals surface area contributed by atoms with E-state index in [0.717, 1.165) is 5.56 Å². The first-order valence-electron chi connectivity index (χ1n) is 5.48. The molecule has 0 atom stereocenters. The van der Waals surface area contributed by atoms with Crippen LogP contribution in [0.15, 0.2) is 24.3 Å². The molecule has 0 radical (unpaired) electrons. The average Bonchev–Trinajstić information content (AvgIpc) is 2.33. The Hall–Kier alpha value is -2.15. The molecule has 0 unspecified atom stereocenters. The number of rotatable bonds is 2. The predicted octanol–water partition coefficient (Wildman–Crippen LogP) is 1.25. The van der Waals surface area contributed by atoms with Gasteiger partial charge in [0.1, 0.15) is 5.78 Å². The fourth-order valence-electron chi connectivity index (χ4n) is 1.89. The molecule has 1 amide bonds. The highest BCUT2D eigenvalue weighted by Crippen LogP contribution is 2.15. The SMILES string of the molecule is N#Cc1ccccc1CN1CCC(=O)CC1=O. The summed E-state index contributed by atoms with van der Waals surface area (Å²) in [7, 11) is 0. The largest absolute Gasteiger partial charge is 0.338 e. The summed E-state index contributed by atoms with van der Waals surface area (Å²) in [6, 6.07) is 9.31. The van der Waals surface area contributed by atoms with Gasteiger partial charge in [0, 0.05) is 19.5 Å². The first kappa shape index (κ1) is 11.3. The van der Waals surface area contributed by atoms with Gasteiger partial charge in [-0.3, -0.25) is 9.59 Å². The third-order valence-electron chi connectivity index (χ3n) is 2.86. The third-order valence-corrected chi connectivity index (χ3v) is 2.86. The first-order valence-corrected chi connectivity index (χ1v) is 5.48. The monoisotopic (exact) mass is 228 g/mol. The molecular weight excluding hydrogens is 216 g/mol. The maximum Gasteiger partial charge on any atom is 0.230 e. The normalized spacial score (nSPS) is 15.8. The molecule has 0 aliphatic carbocycles. The van der Waals surface area contributed by atoms with Crippen molar-refractivity contribution in [3.63, 3.8) is 0 Å². The average molecular weight is 228 g/mol. The topological polar surface area (TPSA) is 61.2 Å². The van der Waals surface area contributed by atoms with E-state index < -0.39 is 0 Å². The zero-order valence-electron chi connectivity index (χ0n) is 9.35. The van der Waals surface area contributed by atoms with Crippen LogP contribution >= 0.6 is 0 Å². The number of ketones is 1. The fraction of sp³-hybridized carbons (Fsp3) is 0.308. The minimum Gasteiger partial charge on any atom is -0.338 e. The van der Waals surface area contributed by atoms with Crippen LogP contribution in [0.3, 0.4) is 0 Å². The van der Waals surface area contributed by atoms with E-state index in [1.54, 1.807) is 17.0 Å². The molecule has 4 nitrogen and oxygen atoms in total. The molecule has 0 spiro atoms. The number of Topliss-reactive ketones (excluding diaryl/α,β-unsaturated/α-hetero) is 1. The molecule has 17 heavy (non-hydrogen) atoms. The Morgan fingerprint density at radius 3 is 2.76 bits per heavy atom. The highest BCUT2D eigenvalue weighted by molar-refractivity contribution is 6.00. The lowest BCUT2D eigenvalue weighted by Crippen LogP contribution is -2.38. The highest BCUT2D eigenvalue weighted by atomic mass is 16.2. The maximum absolute atomic E-state index is 11.6. The van der Waals surface area contributed by atoms with E-state index in [1.807, 2.05) is 12.1 Å². The van der Waals surface area contributed by atoms with E-state index >= 15 is 0 Å². The third kappa shape index (κ3) is 2.51. The molecule has 0 saturated carbocycles. The zero-order valence-corrected chi connectivity index (χ0v) is 9.35. The quantitative estimate of drug-likeness (QED) is 0.716. The number of nitriles is 1. The summed E-state index contributed by atoms with van der Waals surface area (Å²) < 4.78 is 0. The molecular formula is C13H12N2O2. The van der Waals surface area contributed by atoms with Gasteiger partial charge < -0.3 is 4.90 Å². The summed E-state index contributed by atoms with van der Waals surface area (Å²) in [6.07, 6.45) is 0.412. The summed E-state index contributed by atoms with van der Waals surface area (Å²) in [4.78, 5) is 24.4. The molecule has 1 saturated heterocycles. The standard InChI is InChI=1S/C13H12N2O2/c14-8-10-3-1-2-4-11(10)9-15-6-5-12(16)7-13(15)17/h1-4H,5-7,9H2. The van der Waals surface area contributed by atoms with Crippen LogP contribution in [0.25, 0.3) is 0 Å². The van der Waals surface area contributed by atoms with Crippen LogP contribution in [0, 0.1) is 11.3 Å². The van der Waals surface area contributed by atoms with Gasteiger partial charge in [0.25, 0.3) is 0 Å². The van der Waals surface area contributed by atoms with Gasteiger partial charge >= 0.3 is 0 Å². The van der Waals surface area contributed by atoms with Crippen LogP contribution in [-0.2, 0) is 16.1 Å². The van der Waals surface area contributed by atoms with Gasteiger partial charge in [-0.25, -0.2) is 0 Å². The Morgan fingerprint density at radius 2 is 2.06 bits per heavy atom. The van der Waals surface area contributed by atoms with Crippen molar-refractivity contribution in [1.29, 1.82) is 5.26 Å². The summed E-state index contributed by atoms with van der Waals surface area (Å²) >= 11 is 0. The number of hydrogen-bond acceptors (Lipinski definition) is 3. The minimum absolute atomic E-state index is 0.000168. The number of amides is 1. The van der Waals surface area contributed by atoms with Crippen LogP contribution < -0.4 is 0 Å². The number of carbonyl (C=O) groups excluding carboxylic acids is 2. The van der Waals surface area contributed by atoms with Crippen LogP contribution in [-0.4, -0.2) is 23.1 Å². The Morgan fingerprint density at radius 1 is 1.29 bits per heavy atom. The molecule has 1 aliphatic heterocycles. The lowest BCUT2D eigenvalue weighted by atomic mass is 10.0. The second-order valence-corrected chi connectivity index (χ2v) is 4.05. The van der Waals surface area contributed by atoms with Gasteiger partial charge in [-0.05, 0) is 11.6 Å². The summed E-state index contributed by atoms with van der Waals surface area (Å²) in [5.74, 6) is -0.145. The summed E-state index contributed by atoms with van der Waals surface area (Å²) in [5, 5.41) is 8.95. The minimum atomic E-state index is -0.144. The number of benzene rings is 1. The van der Waals surface area contributed by atoms with Crippen molar-refractivity contribution < 1.29 is 9.59 Å². The molecule has 0 bridgehead atoms. The second-order valence-electron chi connectivity index (χ2n) is 4.05. The van der Waals surface area contributed by atoms with Crippen LogP contribution in [0.2, 0.25) is 0 Å². The van der Waals surface area contributed by atoms with Crippen LogP contribution in [0.5, 0.6) is 0 Å². The molecule has 2 rings (SSSR count). The molecule has 1 aliphatic rings. The Bertz CT molecular complexity index is 502. The second kappa shape index (κ2) is 4.79. The fourth-order valence-corrected chi connectivity index (χ4v) is 1.89. The molecule has 86 valence electrons. The summed E-state index contributed by atoms with van der Waals surface area (Å²) in [6.45, 7) is 0.868. The maximum atomic E-state index is 11.6. The van der Waals surface area contributed by atoms with Gasteiger partial charge in [-0.1, -0.05) is 18.2 Å². The zero-order chi connectivity index (χ0) is 12.3. The molecule has 1 fully saturated rings. The van der Waals surface area contributed by atoms with E-state index in [2.05, 4.69) is 6.07 Å². The van der Waals surface area contributed by atoms with E-state index in [0.29, 0.717) is 25.1 Å². The molecule has 0 N–H and O–H groups in total. The van der Waals surface area contributed by atoms with Gasteiger partial charge in [-0.2, -0.15) is 5.26 Å². The molecule has 1 heterocycles. The molecule has 1 aromatic rings. The predicted molar refractivity (Wildman–Crippen MR) is 60.8 cm³/mol. The van der Waals surface area contributed by atoms with Crippen molar-refractivity contribution >= 4 is 11.7 Å². The van der Waals surface area contributed by atoms with Crippen molar-refractivity contribution in [2.75, 3.05) is 6.54 Å². The number of likely N-dealkylation sites (tertiary alicyclic amines) is 1. The highest BCUT2D eigenvalue weighted by Gasteiger charge is 2.23. The Labute approximate surface area is 99.5 Å².